The Balaban J connectivity index is 1.70. The summed E-state index contributed by atoms with van der Waals surface area (Å²) >= 11 is 12.4. The smallest absolute Gasteiger partial charge is 0.327 e. The Morgan fingerprint density at radius 1 is 0.974 bits per heavy atom. The standard InChI is InChI=1S/C32H33Cl2N3O2/c1-31(2,3)20-12-10-19(11-13-20)29-28-25(17-32(4,5)18-27(28)38)36-24-8-6-7-9-26(24)37(29)30(39)35-21-14-15-22(33)23(34)16-21/h6-16,29,36H,17-18H2,1-5H3,(H,35,39)/t29-/m1/s1. The number of allylic oxidation sites excluding steroid dienone is 1. The molecule has 2 amide bonds. The lowest BCUT2D eigenvalue weighted by Gasteiger charge is -2.37. The number of nitrogens with one attached hydrogen (secondary N) is 2. The molecule has 39 heavy (non-hydrogen) atoms. The minimum absolute atomic E-state index is 0.0316. The summed E-state index contributed by atoms with van der Waals surface area (Å²) in [4.78, 5) is 29.7. The summed E-state index contributed by atoms with van der Waals surface area (Å²) in [5.74, 6) is 0.0405. The molecule has 0 aromatic heterocycles. The Labute approximate surface area is 240 Å². The quantitative estimate of drug-likeness (QED) is 0.327. The van der Waals surface area contributed by atoms with Gasteiger partial charge in [0.05, 0.1) is 27.5 Å². The number of carbonyl (C=O) groups excluding carboxylic acids is 2. The number of carbonyl (C=O) groups is 2. The normalized spacial score (nSPS) is 18.6. The highest BCUT2D eigenvalue weighted by Crippen LogP contribution is 2.48. The van der Waals surface area contributed by atoms with Crippen molar-refractivity contribution in [2.45, 2.75) is 58.9 Å². The first kappa shape index (κ1) is 27.3. The number of hydrogen-bond acceptors (Lipinski definition) is 3. The Bertz CT molecular complexity index is 1490. The molecule has 2 N–H and O–H groups in total. The van der Waals surface area contributed by atoms with Crippen molar-refractivity contribution in [3.63, 3.8) is 0 Å². The van der Waals surface area contributed by atoms with E-state index in [1.165, 1.54) is 5.56 Å². The molecule has 3 aromatic carbocycles. The van der Waals surface area contributed by atoms with E-state index in [0.717, 1.165) is 16.9 Å². The molecule has 2 aliphatic rings. The van der Waals surface area contributed by atoms with E-state index in [1.54, 1.807) is 23.1 Å². The van der Waals surface area contributed by atoms with E-state index >= 15 is 0 Å². The number of nitrogens with zero attached hydrogens (tertiary/aromatic N) is 1. The van der Waals surface area contributed by atoms with E-state index in [4.69, 9.17) is 23.2 Å². The lowest BCUT2D eigenvalue weighted by molar-refractivity contribution is -0.118. The SMILES string of the molecule is CC1(C)CC(=O)C2=C(C1)Nc1ccccc1N(C(=O)Nc1ccc(Cl)c(Cl)c1)[C@@H]2c1ccc(C(C)(C)C)cc1. The van der Waals surface area contributed by atoms with Crippen molar-refractivity contribution in [3.05, 3.63) is 99.2 Å². The average Bonchev–Trinajstić information content (AvgIpc) is 2.99. The summed E-state index contributed by atoms with van der Waals surface area (Å²) in [6, 6.07) is 19.9. The molecule has 1 aliphatic heterocycles. The third-order valence-corrected chi connectivity index (χ3v) is 8.12. The fraction of sp³-hybridized carbons (Fsp3) is 0.312. The number of halogens is 2. The number of amides is 2. The summed E-state index contributed by atoms with van der Waals surface area (Å²) in [5, 5.41) is 7.29. The van der Waals surface area contributed by atoms with Gasteiger partial charge in [-0.1, -0.05) is 94.2 Å². The molecule has 202 valence electrons. The highest BCUT2D eigenvalue weighted by atomic mass is 35.5. The molecule has 0 bridgehead atoms. The zero-order valence-corrected chi connectivity index (χ0v) is 24.4. The summed E-state index contributed by atoms with van der Waals surface area (Å²) in [7, 11) is 0. The molecular weight excluding hydrogens is 529 g/mol. The lowest BCUT2D eigenvalue weighted by Crippen LogP contribution is -2.41. The molecule has 0 saturated heterocycles. The number of benzene rings is 3. The molecule has 1 atom stereocenters. The first-order chi connectivity index (χ1) is 18.3. The van der Waals surface area contributed by atoms with E-state index in [1.807, 2.05) is 36.4 Å². The van der Waals surface area contributed by atoms with Gasteiger partial charge in [0, 0.05) is 23.4 Å². The van der Waals surface area contributed by atoms with Gasteiger partial charge >= 0.3 is 6.03 Å². The molecule has 0 radical (unpaired) electrons. The molecule has 0 fully saturated rings. The van der Waals surface area contributed by atoms with Crippen LogP contribution in [0, 0.1) is 5.41 Å². The van der Waals surface area contributed by atoms with Crippen LogP contribution < -0.4 is 15.5 Å². The maximum Gasteiger partial charge on any atom is 0.327 e. The zero-order chi connectivity index (χ0) is 28.1. The minimum Gasteiger partial charge on any atom is -0.357 e. The zero-order valence-electron chi connectivity index (χ0n) is 22.9. The monoisotopic (exact) mass is 561 g/mol. The Morgan fingerprint density at radius 2 is 1.67 bits per heavy atom. The van der Waals surface area contributed by atoms with Crippen molar-refractivity contribution in [2.75, 3.05) is 15.5 Å². The summed E-state index contributed by atoms with van der Waals surface area (Å²) < 4.78 is 0. The molecule has 3 aromatic rings. The van der Waals surface area contributed by atoms with Gasteiger partial charge in [-0.3, -0.25) is 9.69 Å². The molecule has 1 heterocycles. The number of fused-ring (bicyclic) bond motifs is 1. The van der Waals surface area contributed by atoms with Gasteiger partial charge < -0.3 is 10.6 Å². The van der Waals surface area contributed by atoms with Crippen molar-refractivity contribution >= 4 is 52.1 Å². The summed E-state index contributed by atoms with van der Waals surface area (Å²) in [6.07, 6.45) is 1.10. The van der Waals surface area contributed by atoms with Crippen molar-refractivity contribution in [1.29, 1.82) is 0 Å². The van der Waals surface area contributed by atoms with Gasteiger partial charge in [-0.15, -0.1) is 0 Å². The fourth-order valence-corrected chi connectivity index (χ4v) is 5.75. The van der Waals surface area contributed by atoms with Crippen LogP contribution >= 0.6 is 23.2 Å². The Morgan fingerprint density at radius 3 is 2.33 bits per heavy atom. The van der Waals surface area contributed by atoms with Crippen LogP contribution in [0.15, 0.2) is 78.0 Å². The maximum atomic E-state index is 14.2. The van der Waals surface area contributed by atoms with Crippen LogP contribution in [-0.4, -0.2) is 11.8 Å². The average molecular weight is 563 g/mol. The Kier molecular flexibility index (Phi) is 7.02. The van der Waals surface area contributed by atoms with Gasteiger partial charge in [0.2, 0.25) is 0 Å². The second kappa shape index (κ2) is 10.0. The van der Waals surface area contributed by atoms with E-state index in [0.29, 0.717) is 39.8 Å². The van der Waals surface area contributed by atoms with Crippen molar-refractivity contribution < 1.29 is 9.59 Å². The van der Waals surface area contributed by atoms with Crippen molar-refractivity contribution in [3.8, 4) is 0 Å². The van der Waals surface area contributed by atoms with Crippen LogP contribution in [0.5, 0.6) is 0 Å². The number of para-hydroxylation sites is 2. The molecular formula is C32H33Cl2N3O2. The molecule has 0 spiro atoms. The number of rotatable bonds is 2. The second-order valence-corrected chi connectivity index (χ2v) is 13.0. The van der Waals surface area contributed by atoms with Gasteiger partial charge in [0.15, 0.2) is 5.78 Å². The highest BCUT2D eigenvalue weighted by molar-refractivity contribution is 6.42. The van der Waals surface area contributed by atoms with E-state index in [9.17, 15) is 9.59 Å². The van der Waals surface area contributed by atoms with Gasteiger partial charge in [-0.05, 0) is 58.7 Å². The van der Waals surface area contributed by atoms with Gasteiger partial charge in [0.25, 0.3) is 0 Å². The largest absolute Gasteiger partial charge is 0.357 e. The van der Waals surface area contributed by atoms with Crippen LogP contribution in [-0.2, 0) is 10.2 Å². The number of Topliss-reactive ketones (excluding diaryl/α,β-unsaturated/α-hetero) is 1. The van der Waals surface area contributed by atoms with Crippen LogP contribution in [0.4, 0.5) is 21.9 Å². The molecule has 0 saturated carbocycles. The predicted octanol–water partition coefficient (Wildman–Crippen LogP) is 9.14. The molecule has 0 unspecified atom stereocenters. The van der Waals surface area contributed by atoms with Crippen LogP contribution in [0.2, 0.25) is 10.0 Å². The van der Waals surface area contributed by atoms with Gasteiger partial charge in [-0.25, -0.2) is 4.79 Å². The molecule has 1 aliphatic carbocycles. The minimum atomic E-state index is -0.628. The lowest BCUT2D eigenvalue weighted by atomic mass is 9.73. The van der Waals surface area contributed by atoms with Crippen LogP contribution in [0.25, 0.3) is 0 Å². The predicted molar refractivity (Wildman–Crippen MR) is 161 cm³/mol. The topological polar surface area (TPSA) is 61.4 Å². The number of urea groups is 1. The number of hydrogen-bond donors (Lipinski definition) is 2. The van der Waals surface area contributed by atoms with E-state index in [-0.39, 0.29) is 22.6 Å². The molecule has 5 rings (SSSR count). The first-order valence-electron chi connectivity index (χ1n) is 13.1. The Hall–Kier alpha value is -3.28. The van der Waals surface area contributed by atoms with E-state index < -0.39 is 6.04 Å². The summed E-state index contributed by atoms with van der Waals surface area (Å²) in [5.41, 5.74) is 5.26. The molecule has 5 nitrogen and oxygen atoms in total. The van der Waals surface area contributed by atoms with Crippen molar-refractivity contribution in [2.24, 2.45) is 5.41 Å². The third-order valence-electron chi connectivity index (χ3n) is 7.38. The van der Waals surface area contributed by atoms with Gasteiger partial charge in [0.1, 0.15) is 0 Å². The molecule has 7 heteroatoms. The fourth-order valence-electron chi connectivity index (χ4n) is 5.45. The third kappa shape index (κ3) is 5.43. The summed E-state index contributed by atoms with van der Waals surface area (Å²) in [6.45, 7) is 10.7. The number of ketones is 1. The van der Waals surface area contributed by atoms with Crippen molar-refractivity contribution in [1.82, 2.24) is 0 Å². The van der Waals surface area contributed by atoms with Gasteiger partial charge in [-0.2, -0.15) is 0 Å². The first-order valence-corrected chi connectivity index (χ1v) is 13.9. The van der Waals surface area contributed by atoms with Crippen LogP contribution in [0.3, 0.4) is 0 Å². The van der Waals surface area contributed by atoms with E-state index in [2.05, 4.69) is 57.4 Å². The highest BCUT2D eigenvalue weighted by Gasteiger charge is 2.43. The second-order valence-electron chi connectivity index (χ2n) is 12.2. The van der Waals surface area contributed by atoms with Crippen LogP contribution in [0.1, 0.15) is 64.6 Å². The maximum absolute atomic E-state index is 14.2. The number of anilines is 3.